The van der Waals surface area contributed by atoms with Crippen molar-refractivity contribution in [2.24, 2.45) is 0 Å². The largest absolute Gasteiger partial charge is 0.359 e. The maximum atomic E-state index is 8.00. The highest BCUT2D eigenvalue weighted by molar-refractivity contribution is 9.11. The van der Waals surface area contributed by atoms with Gasteiger partial charge in [0.15, 0.2) is 0 Å². The Balaban J connectivity index is 0.000000531. The van der Waals surface area contributed by atoms with E-state index in [1.807, 2.05) is 18.9 Å². The molecule has 1 aliphatic carbocycles. The lowest BCUT2D eigenvalue weighted by Crippen LogP contribution is -2.14. The van der Waals surface area contributed by atoms with Crippen molar-refractivity contribution < 1.29 is 4.79 Å². The smallest absolute Gasteiger partial charge is 0.106 e. The Hall–Kier alpha value is -1.35. The van der Waals surface area contributed by atoms with Crippen LogP contribution in [-0.2, 0) is 4.79 Å². The fourth-order valence-electron chi connectivity index (χ4n) is 1.33. The fourth-order valence-corrected chi connectivity index (χ4v) is 1.73. The monoisotopic (exact) mass is 265 g/mol. The number of halogens is 1. The first-order chi connectivity index (χ1) is 7.25. The van der Waals surface area contributed by atoms with Gasteiger partial charge in [-0.3, -0.25) is 0 Å². The topological polar surface area (TPSA) is 29.1 Å². The van der Waals surface area contributed by atoms with E-state index in [1.54, 1.807) is 0 Å². The summed E-state index contributed by atoms with van der Waals surface area (Å²) in [6.45, 7) is 4.06. The van der Waals surface area contributed by atoms with Crippen molar-refractivity contribution in [2.45, 2.75) is 6.92 Å². The van der Waals surface area contributed by atoms with Gasteiger partial charge in [0.25, 0.3) is 0 Å². The zero-order valence-corrected chi connectivity index (χ0v) is 10.0. The molecule has 0 saturated carbocycles. The highest BCUT2D eigenvalue weighted by Gasteiger charge is 2.07. The summed E-state index contributed by atoms with van der Waals surface area (Å²) in [4.78, 5) is 8.00. The van der Waals surface area contributed by atoms with Gasteiger partial charge in [0.05, 0.1) is 0 Å². The molecule has 1 aliphatic heterocycles. The molecular formula is C12H12BrNO. The molecule has 3 heteroatoms. The zero-order valence-electron chi connectivity index (χ0n) is 8.46. The van der Waals surface area contributed by atoms with E-state index in [2.05, 4.69) is 52.5 Å². The van der Waals surface area contributed by atoms with Crippen LogP contribution in [0, 0.1) is 0 Å². The molecule has 0 aromatic carbocycles. The summed E-state index contributed by atoms with van der Waals surface area (Å²) in [5.74, 6) is 0. The first-order valence-corrected chi connectivity index (χ1v) is 5.25. The van der Waals surface area contributed by atoms with Gasteiger partial charge in [0.2, 0.25) is 0 Å². The first kappa shape index (κ1) is 11.7. The molecule has 78 valence electrons. The van der Waals surface area contributed by atoms with E-state index in [1.165, 1.54) is 11.3 Å². The van der Waals surface area contributed by atoms with Crippen LogP contribution in [0.1, 0.15) is 6.92 Å². The molecule has 0 fully saturated rings. The van der Waals surface area contributed by atoms with Crippen molar-refractivity contribution >= 4 is 22.7 Å². The SMILES string of the molecule is C=O.CC1=CC=C2C=C(Br)C=CC=C2N1. The van der Waals surface area contributed by atoms with Crippen molar-refractivity contribution in [1.29, 1.82) is 0 Å². The standard InChI is InChI=1S/C11H10BrN.CH2O/c1-8-5-6-9-7-10(12)3-2-4-11(9)13-8;1-2/h2-7,13H,1H3;1H2. The molecule has 1 N–H and O–H groups in total. The molecule has 0 aromatic rings. The predicted octanol–water partition coefficient (Wildman–Crippen LogP) is 2.97. The van der Waals surface area contributed by atoms with Gasteiger partial charge in [-0.1, -0.05) is 28.1 Å². The molecular weight excluding hydrogens is 254 g/mol. The minimum absolute atomic E-state index is 1.10. The molecule has 0 radical (unpaired) electrons. The van der Waals surface area contributed by atoms with Gasteiger partial charge in [-0.05, 0) is 36.8 Å². The van der Waals surface area contributed by atoms with E-state index in [-0.39, 0.29) is 0 Å². The van der Waals surface area contributed by atoms with Crippen molar-refractivity contribution in [3.05, 3.63) is 57.9 Å². The molecule has 2 rings (SSSR count). The van der Waals surface area contributed by atoms with Crippen molar-refractivity contribution in [3.8, 4) is 0 Å². The van der Waals surface area contributed by atoms with E-state index in [4.69, 9.17) is 4.79 Å². The van der Waals surface area contributed by atoms with E-state index >= 15 is 0 Å². The lowest BCUT2D eigenvalue weighted by molar-refractivity contribution is -0.0979. The number of nitrogens with one attached hydrogen (secondary N) is 1. The average Bonchev–Trinajstić information content (AvgIpc) is 2.42. The van der Waals surface area contributed by atoms with Crippen LogP contribution < -0.4 is 5.32 Å². The molecule has 2 aliphatic rings. The Morgan fingerprint density at radius 3 is 2.73 bits per heavy atom. The second-order valence-electron chi connectivity index (χ2n) is 3.07. The number of hydrogen-bond donors (Lipinski definition) is 1. The van der Waals surface area contributed by atoms with Crippen LogP contribution in [0.5, 0.6) is 0 Å². The third kappa shape index (κ3) is 3.06. The maximum Gasteiger partial charge on any atom is 0.106 e. The van der Waals surface area contributed by atoms with Gasteiger partial charge in [-0.2, -0.15) is 0 Å². The van der Waals surface area contributed by atoms with Crippen LogP contribution in [-0.4, -0.2) is 6.79 Å². The Kier molecular flexibility index (Phi) is 4.31. The quantitative estimate of drug-likeness (QED) is 0.730. The second kappa shape index (κ2) is 5.51. The molecule has 0 spiro atoms. The summed E-state index contributed by atoms with van der Waals surface area (Å²) in [6.07, 6.45) is 12.4. The van der Waals surface area contributed by atoms with Crippen molar-refractivity contribution in [3.63, 3.8) is 0 Å². The van der Waals surface area contributed by atoms with Crippen LogP contribution in [0.15, 0.2) is 57.9 Å². The number of allylic oxidation sites excluding steroid dienone is 8. The summed E-state index contributed by atoms with van der Waals surface area (Å²) >= 11 is 3.47. The van der Waals surface area contributed by atoms with Crippen LogP contribution in [0.3, 0.4) is 0 Å². The zero-order chi connectivity index (χ0) is 11.3. The molecule has 0 unspecified atom stereocenters. The third-order valence-corrected chi connectivity index (χ3v) is 2.46. The number of carbonyl (C=O) groups is 1. The van der Waals surface area contributed by atoms with Gasteiger partial charge in [0, 0.05) is 15.9 Å². The second-order valence-corrected chi connectivity index (χ2v) is 3.98. The average molecular weight is 266 g/mol. The van der Waals surface area contributed by atoms with E-state index in [9.17, 15) is 0 Å². The van der Waals surface area contributed by atoms with Gasteiger partial charge in [-0.25, -0.2) is 0 Å². The number of carbonyl (C=O) groups excluding carboxylic acids is 1. The van der Waals surface area contributed by atoms with E-state index in [0.29, 0.717) is 0 Å². The number of hydrogen-bond acceptors (Lipinski definition) is 2. The summed E-state index contributed by atoms with van der Waals surface area (Å²) in [7, 11) is 0. The minimum Gasteiger partial charge on any atom is -0.359 e. The molecule has 0 atom stereocenters. The summed E-state index contributed by atoms with van der Waals surface area (Å²) in [5, 5.41) is 3.32. The van der Waals surface area contributed by atoms with Crippen LogP contribution in [0.25, 0.3) is 0 Å². The minimum atomic E-state index is 1.10. The Bertz CT molecular complexity index is 400. The highest BCUT2D eigenvalue weighted by atomic mass is 79.9. The Morgan fingerprint density at radius 2 is 2.00 bits per heavy atom. The summed E-state index contributed by atoms with van der Waals surface area (Å²) in [6, 6.07) is 0. The van der Waals surface area contributed by atoms with Crippen molar-refractivity contribution in [1.82, 2.24) is 5.32 Å². The third-order valence-electron chi connectivity index (χ3n) is 1.97. The summed E-state index contributed by atoms with van der Waals surface area (Å²) in [5.41, 5.74) is 3.54. The van der Waals surface area contributed by atoms with Gasteiger partial charge >= 0.3 is 0 Å². The van der Waals surface area contributed by atoms with Crippen LogP contribution in [0.2, 0.25) is 0 Å². The van der Waals surface area contributed by atoms with Gasteiger partial charge < -0.3 is 10.1 Å². The van der Waals surface area contributed by atoms with Gasteiger partial charge in [0.1, 0.15) is 6.79 Å². The highest BCUT2D eigenvalue weighted by Crippen LogP contribution is 2.22. The maximum absolute atomic E-state index is 8.00. The molecule has 15 heavy (non-hydrogen) atoms. The molecule has 0 bridgehead atoms. The summed E-state index contributed by atoms with van der Waals surface area (Å²) < 4.78 is 1.10. The molecule has 1 heterocycles. The van der Waals surface area contributed by atoms with E-state index in [0.717, 1.165) is 10.2 Å². The van der Waals surface area contributed by atoms with Crippen LogP contribution >= 0.6 is 15.9 Å². The lowest BCUT2D eigenvalue weighted by Gasteiger charge is -2.15. The fraction of sp³-hybridized carbons (Fsp3) is 0.0833. The molecule has 0 amide bonds. The normalized spacial score (nSPS) is 17.7. The lowest BCUT2D eigenvalue weighted by atomic mass is 10.1. The number of dihydropyridines is 1. The molecule has 2 nitrogen and oxygen atoms in total. The van der Waals surface area contributed by atoms with Gasteiger partial charge in [-0.15, -0.1) is 0 Å². The number of rotatable bonds is 0. The van der Waals surface area contributed by atoms with E-state index < -0.39 is 0 Å². The molecule has 0 saturated heterocycles. The van der Waals surface area contributed by atoms with Crippen molar-refractivity contribution in [2.75, 3.05) is 0 Å². The predicted molar refractivity (Wildman–Crippen MR) is 66.3 cm³/mol. The number of fused-ring (bicyclic) bond motifs is 1. The Morgan fingerprint density at radius 1 is 1.27 bits per heavy atom. The van der Waals surface area contributed by atoms with Crippen LogP contribution in [0.4, 0.5) is 0 Å². The first-order valence-electron chi connectivity index (χ1n) is 4.46. The Labute approximate surface area is 97.9 Å². The molecule has 0 aromatic heterocycles.